The summed E-state index contributed by atoms with van der Waals surface area (Å²) in [4.78, 5) is 40.8. The van der Waals surface area contributed by atoms with Crippen molar-refractivity contribution in [3.05, 3.63) is 59.7 Å². The molecule has 0 aromatic heterocycles. The lowest BCUT2D eigenvalue weighted by Crippen LogP contribution is -2.53. The molecule has 4 rings (SSSR count). The summed E-state index contributed by atoms with van der Waals surface area (Å²) in [5.41, 5.74) is 8.14. The van der Waals surface area contributed by atoms with E-state index >= 15 is 0 Å². The fraction of sp³-hybridized carbons (Fsp3) is 0.400. The standard InChI is InChI=1S/C25H30N4O3/c1-15(2)22-24(31)28-20-14-17(23(30)27-19-11-7-6-10-18(19)26)12-13-21(20)29(22)25(32)16-8-4-3-5-9-16/h3-5,8-9,12-15,18-19,22H,6-7,10-11,26H2,1-2H3,(H,27,30)(H,28,31). The van der Waals surface area contributed by atoms with Crippen molar-refractivity contribution in [2.75, 3.05) is 10.2 Å². The van der Waals surface area contributed by atoms with Crippen LogP contribution in [0, 0.1) is 5.92 Å². The summed E-state index contributed by atoms with van der Waals surface area (Å²) in [6.45, 7) is 3.82. The highest BCUT2D eigenvalue weighted by Gasteiger charge is 2.39. The monoisotopic (exact) mass is 434 g/mol. The summed E-state index contributed by atoms with van der Waals surface area (Å²) < 4.78 is 0. The van der Waals surface area contributed by atoms with E-state index in [0.717, 1.165) is 25.7 Å². The Kier molecular flexibility index (Phi) is 6.28. The van der Waals surface area contributed by atoms with Gasteiger partial charge < -0.3 is 16.4 Å². The van der Waals surface area contributed by atoms with E-state index in [4.69, 9.17) is 5.73 Å². The molecule has 1 aliphatic heterocycles. The highest BCUT2D eigenvalue weighted by molar-refractivity contribution is 6.17. The first-order valence-corrected chi connectivity index (χ1v) is 11.3. The van der Waals surface area contributed by atoms with Gasteiger partial charge in [-0.15, -0.1) is 0 Å². The van der Waals surface area contributed by atoms with E-state index in [1.165, 1.54) is 0 Å². The number of nitrogens with two attached hydrogens (primary N) is 1. The molecule has 168 valence electrons. The van der Waals surface area contributed by atoms with Crippen LogP contribution in [-0.2, 0) is 4.79 Å². The average molecular weight is 435 g/mol. The number of fused-ring (bicyclic) bond motifs is 1. The van der Waals surface area contributed by atoms with Crippen LogP contribution in [0.1, 0.15) is 60.2 Å². The van der Waals surface area contributed by atoms with Gasteiger partial charge in [-0.2, -0.15) is 0 Å². The molecule has 0 radical (unpaired) electrons. The lowest BCUT2D eigenvalue weighted by atomic mass is 9.91. The van der Waals surface area contributed by atoms with E-state index in [9.17, 15) is 14.4 Å². The Morgan fingerprint density at radius 3 is 2.47 bits per heavy atom. The minimum absolute atomic E-state index is 0.0455. The van der Waals surface area contributed by atoms with Crippen LogP contribution in [0.25, 0.3) is 0 Å². The number of carbonyl (C=O) groups excluding carboxylic acids is 3. The second-order valence-corrected chi connectivity index (χ2v) is 8.98. The number of anilines is 2. The molecule has 7 heteroatoms. The molecule has 0 saturated heterocycles. The van der Waals surface area contributed by atoms with Gasteiger partial charge >= 0.3 is 0 Å². The van der Waals surface area contributed by atoms with Crippen LogP contribution in [0.4, 0.5) is 11.4 Å². The van der Waals surface area contributed by atoms with Crippen LogP contribution in [-0.4, -0.2) is 35.8 Å². The molecule has 1 aliphatic carbocycles. The van der Waals surface area contributed by atoms with Crippen molar-refractivity contribution in [1.29, 1.82) is 0 Å². The van der Waals surface area contributed by atoms with Gasteiger partial charge in [0, 0.05) is 23.2 Å². The Labute approximate surface area is 188 Å². The maximum atomic E-state index is 13.4. The predicted octanol–water partition coefficient (Wildman–Crippen LogP) is 3.31. The van der Waals surface area contributed by atoms with Crippen LogP contribution in [0.15, 0.2) is 48.5 Å². The maximum Gasteiger partial charge on any atom is 0.259 e. The Bertz CT molecular complexity index is 1020. The third kappa shape index (κ3) is 4.25. The highest BCUT2D eigenvalue weighted by atomic mass is 16.2. The molecule has 0 bridgehead atoms. The Balaban J connectivity index is 1.66. The zero-order valence-corrected chi connectivity index (χ0v) is 18.5. The van der Waals surface area contributed by atoms with Crippen LogP contribution >= 0.6 is 0 Å². The van der Waals surface area contributed by atoms with Gasteiger partial charge in [0.15, 0.2) is 0 Å². The number of nitrogens with one attached hydrogen (secondary N) is 2. The molecule has 3 amide bonds. The van der Waals surface area contributed by atoms with E-state index in [-0.39, 0.29) is 35.7 Å². The van der Waals surface area contributed by atoms with Crippen molar-refractivity contribution in [2.24, 2.45) is 11.7 Å². The number of nitrogens with zero attached hydrogens (tertiary/aromatic N) is 1. The molecule has 2 aromatic carbocycles. The van der Waals surface area contributed by atoms with Gasteiger partial charge in [-0.05, 0) is 49.1 Å². The molecule has 0 spiro atoms. The third-order valence-electron chi connectivity index (χ3n) is 6.33. The van der Waals surface area contributed by atoms with Gasteiger partial charge in [0.1, 0.15) is 6.04 Å². The minimum atomic E-state index is -0.643. The van der Waals surface area contributed by atoms with Gasteiger partial charge in [0.05, 0.1) is 11.4 Å². The third-order valence-corrected chi connectivity index (χ3v) is 6.33. The van der Waals surface area contributed by atoms with Crippen LogP contribution < -0.4 is 21.3 Å². The van der Waals surface area contributed by atoms with Crippen molar-refractivity contribution >= 4 is 29.1 Å². The summed E-state index contributed by atoms with van der Waals surface area (Å²) in [7, 11) is 0. The molecule has 2 aromatic rings. The summed E-state index contributed by atoms with van der Waals surface area (Å²) in [5.74, 6) is -0.822. The second kappa shape index (κ2) is 9.12. The van der Waals surface area contributed by atoms with Crippen LogP contribution in [0.2, 0.25) is 0 Å². The summed E-state index contributed by atoms with van der Waals surface area (Å²) in [6, 6.07) is 13.2. The number of benzene rings is 2. The Morgan fingerprint density at radius 2 is 1.78 bits per heavy atom. The number of amides is 3. The van der Waals surface area contributed by atoms with E-state index in [1.54, 1.807) is 47.4 Å². The molecule has 1 fully saturated rings. The smallest absolute Gasteiger partial charge is 0.259 e. The van der Waals surface area contributed by atoms with Crippen LogP contribution in [0.3, 0.4) is 0 Å². The topological polar surface area (TPSA) is 105 Å². The molecule has 3 atom stereocenters. The molecule has 1 heterocycles. The van der Waals surface area contributed by atoms with Gasteiger partial charge in [-0.25, -0.2) is 0 Å². The lowest BCUT2D eigenvalue weighted by molar-refractivity contribution is -0.118. The second-order valence-electron chi connectivity index (χ2n) is 8.98. The fourth-order valence-electron chi connectivity index (χ4n) is 4.61. The minimum Gasteiger partial charge on any atom is -0.348 e. The van der Waals surface area contributed by atoms with Crippen molar-refractivity contribution in [2.45, 2.75) is 57.7 Å². The number of rotatable bonds is 4. The molecule has 1 saturated carbocycles. The van der Waals surface area contributed by atoms with Gasteiger partial charge in [0.2, 0.25) is 5.91 Å². The molecule has 32 heavy (non-hydrogen) atoms. The molecular weight excluding hydrogens is 404 g/mol. The van der Waals surface area contributed by atoms with Crippen molar-refractivity contribution < 1.29 is 14.4 Å². The lowest BCUT2D eigenvalue weighted by Gasteiger charge is -2.38. The zero-order valence-electron chi connectivity index (χ0n) is 18.5. The summed E-state index contributed by atoms with van der Waals surface area (Å²) in [5, 5.41) is 5.93. The first-order chi connectivity index (χ1) is 15.4. The average Bonchev–Trinajstić information content (AvgIpc) is 2.79. The van der Waals surface area contributed by atoms with Crippen molar-refractivity contribution in [3.63, 3.8) is 0 Å². The van der Waals surface area contributed by atoms with E-state index in [2.05, 4.69) is 10.6 Å². The van der Waals surface area contributed by atoms with E-state index in [0.29, 0.717) is 22.5 Å². The van der Waals surface area contributed by atoms with Gasteiger partial charge in [0.25, 0.3) is 11.8 Å². The first kappa shape index (κ1) is 22.0. The van der Waals surface area contributed by atoms with Gasteiger partial charge in [-0.1, -0.05) is 44.9 Å². The van der Waals surface area contributed by atoms with E-state index in [1.807, 2.05) is 19.9 Å². The Hall–Kier alpha value is -3.19. The largest absolute Gasteiger partial charge is 0.348 e. The van der Waals surface area contributed by atoms with Crippen LogP contribution in [0.5, 0.6) is 0 Å². The maximum absolute atomic E-state index is 13.4. The SMILES string of the molecule is CC(C)C1C(=O)Nc2cc(C(=O)NC3CCCCC3N)ccc2N1C(=O)c1ccccc1. The van der Waals surface area contributed by atoms with Gasteiger partial charge in [-0.3, -0.25) is 19.3 Å². The number of hydrogen-bond donors (Lipinski definition) is 3. The summed E-state index contributed by atoms with van der Waals surface area (Å²) in [6.07, 6.45) is 3.90. The number of carbonyl (C=O) groups is 3. The number of hydrogen-bond acceptors (Lipinski definition) is 4. The van der Waals surface area contributed by atoms with E-state index < -0.39 is 6.04 Å². The molecule has 4 N–H and O–H groups in total. The fourth-order valence-corrected chi connectivity index (χ4v) is 4.61. The molecule has 7 nitrogen and oxygen atoms in total. The molecular formula is C25H30N4O3. The van der Waals surface area contributed by atoms with Crippen molar-refractivity contribution in [3.8, 4) is 0 Å². The predicted molar refractivity (Wildman–Crippen MR) is 125 cm³/mol. The summed E-state index contributed by atoms with van der Waals surface area (Å²) >= 11 is 0. The quantitative estimate of drug-likeness (QED) is 0.687. The molecule has 2 aliphatic rings. The van der Waals surface area contributed by atoms with Crippen molar-refractivity contribution in [1.82, 2.24) is 5.32 Å². The zero-order chi connectivity index (χ0) is 22.8. The highest BCUT2D eigenvalue weighted by Crippen LogP contribution is 2.36. The first-order valence-electron chi connectivity index (χ1n) is 11.3. The normalized spacial score (nSPS) is 22.8. The Morgan fingerprint density at radius 1 is 1.06 bits per heavy atom. The molecule has 3 unspecified atom stereocenters.